The topological polar surface area (TPSA) is 34.5 Å². The molecule has 1 aromatic heterocycles. The van der Waals surface area contributed by atoms with Crippen molar-refractivity contribution in [3.63, 3.8) is 0 Å². The van der Waals surface area contributed by atoms with Crippen LogP contribution in [-0.4, -0.2) is 10.7 Å². The van der Waals surface area contributed by atoms with Gasteiger partial charge in [-0.25, -0.2) is 4.99 Å². The van der Waals surface area contributed by atoms with Gasteiger partial charge in [0.2, 0.25) is 0 Å². The highest BCUT2D eigenvalue weighted by Crippen LogP contribution is 2.23. The van der Waals surface area contributed by atoms with Crippen LogP contribution in [0, 0.1) is 0 Å². The van der Waals surface area contributed by atoms with Crippen LogP contribution in [0.2, 0.25) is 0 Å². The van der Waals surface area contributed by atoms with E-state index in [0.29, 0.717) is 11.5 Å². The number of pyridine rings is 1. The standard InChI is InChI=1S/C17H18N2O/c1-12(2)13(3)20-14(4)15-9-7-10-17(19-15)16-8-5-6-11-18-16/h5-6,8,10-11H,1,3-4,7,9H2,2H3. The highest BCUT2D eigenvalue weighted by atomic mass is 16.5. The van der Waals surface area contributed by atoms with Gasteiger partial charge in [0.1, 0.15) is 11.5 Å². The maximum atomic E-state index is 5.57. The van der Waals surface area contributed by atoms with Crippen molar-refractivity contribution in [2.24, 2.45) is 4.99 Å². The molecular weight excluding hydrogens is 248 g/mol. The minimum absolute atomic E-state index is 0.520. The molecule has 3 heteroatoms. The lowest BCUT2D eigenvalue weighted by atomic mass is 10.1. The van der Waals surface area contributed by atoms with Crippen LogP contribution in [0.5, 0.6) is 0 Å². The van der Waals surface area contributed by atoms with Gasteiger partial charge < -0.3 is 4.74 Å². The quantitative estimate of drug-likeness (QED) is 0.589. The number of hydrogen-bond donors (Lipinski definition) is 0. The predicted octanol–water partition coefficient (Wildman–Crippen LogP) is 4.28. The van der Waals surface area contributed by atoms with Crippen molar-refractivity contribution in [3.8, 4) is 0 Å². The summed E-state index contributed by atoms with van der Waals surface area (Å²) in [5, 5.41) is 0. The van der Waals surface area contributed by atoms with Gasteiger partial charge in [0, 0.05) is 6.20 Å². The van der Waals surface area contributed by atoms with Gasteiger partial charge in [-0.3, -0.25) is 4.98 Å². The summed E-state index contributed by atoms with van der Waals surface area (Å²) in [5.74, 6) is 1.05. The molecule has 2 heterocycles. The van der Waals surface area contributed by atoms with Crippen LogP contribution in [0.15, 0.2) is 72.3 Å². The molecule has 1 aromatic rings. The lowest BCUT2D eigenvalue weighted by Crippen LogP contribution is -2.09. The molecule has 0 N–H and O–H groups in total. The Bertz CT molecular complexity index is 609. The van der Waals surface area contributed by atoms with Gasteiger partial charge >= 0.3 is 0 Å². The van der Waals surface area contributed by atoms with Crippen molar-refractivity contribution in [2.45, 2.75) is 19.8 Å². The maximum Gasteiger partial charge on any atom is 0.141 e. The van der Waals surface area contributed by atoms with Crippen molar-refractivity contribution >= 4 is 11.4 Å². The molecule has 102 valence electrons. The highest BCUT2D eigenvalue weighted by Gasteiger charge is 2.14. The van der Waals surface area contributed by atoms with Crippen LogP contribution < -0.4 is 0 Å². The molecule has 0 spiro atoms. The summed E-state index contributed by atoms with van der Waals surface area (Å²) in [6, 6.07) is 5.77. The van der Waals surface area contributed by atoms with E-state index in [4.69, 9.17) is 4.74 Å². The Morgan fingerprint density at radius 2 is 2.05 bits per heavy atom. The zero-order valence-corrected chi connectivity index (χ0v) is 11.7. The molecule has 0 atom stereocenters. The van der Waals surface area contributed by atoms with Crippen molar-refractivity contribution in [2.75, 3.05) is 0 Å². The first-order valence-corrected chi connectivity index (χ1v) is 6.49. The van der Waals surface area contributed by atoms with Crippen molar-refractivity contribution in [3.05, 3.63) is 73.0 Å². The fraction of sp³-hybridized carbons (Fsp3) is 0.176. The second-order valence-electron chi connectivity index (χ2n) is 4.63. The molecule has 1 aliphatic rings. The molecule has 0 radical (unpaired) electrons. The number of allylic oxidation sites excluding steroid dienone is 3. The molecule has 0 amide bonds. The van der Waals surface area contributed by atoms with E-state index >= 15 is 0 Å². The Kier molecular flexibility index (Phi) is 4.31. The third-order valence-corrected chi connectivity index (χ3v) is 2.95. The number of aliphatic imine (C=N–C) groups is 1. The third kappa shape index (κ3) is 3.32. The maximum absolute atomic E-state index is 5.57. The van der Waals surface area contributed by atoms with Gasteiger partial charge in [-0.2, -0.15) is 0 Å². The second-order valence-corrected chi connectivity index (χ2v) is 4.63. The number of rotatable bonds is 5. The molecule has 0 saturated heterocycles. The second kappa shape index (κ2) is 6.15. The monoisotopic (exact) mass is 266 g/mol. The Labute approximate surface area is 119 Å². The van der Waals surface area contributed by atoms with Crippen molar-refractivity contribution < 1.29 is 4.74 Å². The van der Waals surface area contributed by atoms with Crippen LogP contribution in [0.4, 0.5) is 0 Å². The van der Waals surface area contributed by atoms with Crippen LogP contribution in [0.1, 0.15) is 25.5 Å². The molecule has 0 aromatic carbocycles. The number of aromatic nitrogens is 1. The summed E-state index contributed by atoms with van der Waals surface area (Å²) < 4.78 is 5.57. The molecule has 0 aliphatic carbocycles. The van der Waals surface area contributed by atoms with Gasteiger partial charge in [0.15, 0.2) is 0 Å². The van der Waals surface area contributed by atoms with E-state index in [1.54, 1.807) is 6.20 Å². The van der Waals surface area contributed by atoms with E-state index in [1.165, 1.54) is 0 Å². The predicted molar refractivity (Wildman–Crippen MR) is 83.1 cm³/mol. The fourth-order valence-electron chi connectivity index (χ4n) is 1.77. The molecule has 0 bridgehead atoms. The zero-order chi connectivity index (χ0) is 14.5. The molecule has 3 nitrogen and oxygen atoms in total. The summed E-state index contributed by atoms with van der Waals surface area (Å²) in [5.41, 5.74) is 3.33. The van der Waals surface area contributed by atoms with E-state index < -0.39 is 0 Å². The van der Waals surface area contributed by atoms with Crippen molar-refractivity contribution in [1.82, 2.24) is 4.98 Å². The average molecular weight is 266 g/mol. The average Bonchev–Trinajstić information content (AvgIpc) is 2.48. The smallest absolute Gasteiger partial charge is 0.141 e. The first kappa shape index (κ1) is 14.0. The van der Waals surface area contributed by atoms with Gasteiger partial charge in [-0.15, -0.1) is 0 Å². The molecule has 0 fully saturated rings. The number of ether oxygens (including phenoxy) is 1. The lowest BCUT2D eigenvalue weighted by molar-refractivity contribution is 0.341. The molecule has 0 saturated carbocycles. The molecule has 20 heavy (non-hydrogen) atoms. The third-order valence-electron chi connectivity index (χ3n) is 2.95. The largest absolute Gasteiger partial charge is 0.456 e. The first-order chi connectivity index (χ1) is 9.58. The van der Waals surface area contributed by atoms with E-state index in [2.05, 4.69) is 35.8 Å². The fourth-order valence-corrected chi connectivity index (χ4v) is 1.77. The van der Waals surface area contributed by atoms with E-state index in [0.717, 1.165) is 35.5 Å². The zero-order valence-electron chi connectivity index (χ0n) is 11.7. The van der Waals surface area contributed by atoms with E-state index in [9.17, 15) is 0 Å². The Morgan fingerprint density at radius 1 is 1.25 bits per heavy atom. The van der Waals surface area contributed by atoms with E-state index in [1.807, 2.05) is 25.1 Å². The van der Waals surface area contributed by atoms with Crippen LogP contribution in [0.3, 0.4) is 0 Å². The normalized spacial score (nSPS) is 14.1. The molecular formula is C17H18N2O. The first-order valence-electron chi connectivity index (χ1n) is 6.49. The summed E-state index contributed by atoms with van der Waals surface area (Å²) >= 11 is 0. The minimum atomic E-state index is 0.520. The van der Waals surface area contributed by atoms with Gasteiger partial charge in [0.25, 0.3) is 0 Å². The summed E-state index contributed by atoms with van der Waals surface area (Å²) in [7, 11) is 0. The highest BCUT2D eigenvalue weighted by molar-refractivity contribution is 6.02. The number of nitrogens with zero attached hydrogens (tertiary/aromatic N) is 2. The lowest BCUT2D eigenvalue weighted by Gasteiger charge is -2.16. The van der Waals surface area contributed by atoms with Crippen LogP contribution in [0.25, 0.3) is 5.70 Å². The SMILES string of the molecule is C=C(C)C(=C)OC(=C)C1=NC(c2ccccn2)=CCC1. The Morgan fingerprint density at radius 3 is 2.70 bits per heavy atom. The van der Waals surface area contributed by atoms with Crippen LogP contribution in [-0.2, 0) is 4.74 Å². The van der Waals surface area contributed by atoms with Gasteiger partial charge in [0.05, 0.1) is 17.1 Å². The number of hydrogen-bond acceptors (Lipinski definition) is 3. The molecule has 2 rings (SSSR count). The van der Waals surface area contributed by atoms with Crippen LogP contribution >= 0.6 is 0 Å². The molecule has 0 unspecified atom stereocenters. The van der Waals surface area contributed by atoms with E-state index in [-0.39, 0.29) is 0 Å². The summed E-state index contributed by atoms with van der Waals surface area (Å²) in [6.07, 6.45) is 5.53. The minimum Gasteiger partial charge on any atom is -0.456 e. The van der Waals surface area contributed by atoms with Gasteiger partial charge in [-0.1, -0.05) is 31.9 Å². The van der Waals surface area contributed by atoms with Crippen molar-refractivity contribution in [1.29, 1.82) is 0 Å². The summed E-state index contributed by atoms with van der Waals surface area (Å²) in [4.78, 5) is 8.89. The Balaban J connectivity index is 2.15. The van der Waals surface area contributed by atoms with Gasteiger partial charge in [-0.05, 0) is 37.5 Å². The molecule has 1 aliphatic heterocycles. The summed E-state index contributed by atoms with van der Waals surface area (Å²) in [6.45, 7) is 13.4. The Hall–Kier alpha value is -2.42.